The van der Waals surface area contributed by atoms with Crippen LogP contribution in [0.15, 0.2) is 18.2 Å². The second-order valence-corrected chi connectivity index (χ2v) is 4.81. The fourth-order valence-corrected chi connectivity index (χ4v) is 1.32. The van der Waals surface area contributed by atoms with E-state index >= 15 is 0 Å². The minimum absolute atomic E-state index is 0.119. The van der Waals surface area contributed by atoms with Gasteiger partial charge in [0, 0.05) is 12.6 Å². The van der Waals surface area contributed by atoms with Crippen LogP contribution in [-0.4, -0.2) is 23.5 Å². The number of amides is 1. The molecule has 1 amide bonds. The molecule has 0 unspecified atom stereocenters. The van der Waals surface area contributed by atoms with Gasteiger partial charge < -0.3 is 10.6 Å². The van der Waals surface area contributed by atoms with Crippen molar-refractivity contribution in [3.05, 3.63) is 23.9 Å². The average Bonchev–Trinajstić information content (AvgIpc) is 2.25. The fraction of sp³-hybridized carbons (Fsp3) is 0.538. The summed E-state index contributed by atoms with van der Waals surface area (Å²) in [4.78, 5) is 16.1. The first-order valence-corrected chi connectivity index (χ1v) is 6.01. The van der Waals surface area contributed by atoms with Crippen LogP contribution in [0, 0.1) is 5.92 Å². The highest BCUT2D eigenvalue weighted by atomic mass is 16.1. The molecule has 2 N–H and O–H groups in total. The molecule has 4 nitrogen and oxygen atoms in total. The van der Waals surface area contributed by atoms with E-state index in [1.807, 2.05) is 26.0 Å². The van der Waals surface area contributed by atoms with Crippen LogP contribution < -0.4 is 10.6 Å². The third-order valence-electron chi connectivity index (χ3n) is 2.09. The first-order chi connectivity index (χ1) is 7.99. The van der Waals surface area contributed by atoms with Gasteiger partial charge in [0.25, 0.3) is 5.91 Å². The molecule has 0 aliphatic heterocycles. The van der Waals surface area contributed by atoms with E-state index in [-0.39, 0.29) is 5.91 Å². The second-order valence-electron chi connectivity index (χ2n) is 4.81. The highest BCUT2D eigenvalue weighted by Gasteiger charge is 2.08. The Bertz CT molecular complexity index is 375. The van der Waals surface area contributed by atoms with Crippen LogP contribution in [0.1, 0.15) is 38.2 Å². The highest BCUT2D eigenvalue weighted by molar-refractivity contribution is 5.92. The lowest BCUT2D eigenvalue weighted by atomic mass is 10.2. The van der Waals surface area contributed by atoms with E-state index in [2.05, 4.69) is 29.5 Å². The van der Waals surface area contributed by atoms with Crippen molar-refractivity contribution in [2.24, 2.45) is 5.92 Å². The number of hydrogen-bond donors (Lipinski definition) is 2. The fourth-order valence-electron chi connectivity index (χ4n) is 1.32. The van der Waals surface area contributed by atoms with E-state index in [4.69, 9.17) is 0 Å². The van der Waals surface area contributed by atoms with Crippen LogP contribution in [-0.2, 0) is 0 Å². The van der Waals surface area contributed by atoms with Crippen molar-refractivity contribution in [2.75, 3.05) is 11.9 Å². The van der Waals surface area contributed by atoms with Gasteiger partial charge in [-0.25, -0.2) is 4.98 Å². The number of rotatable bonds is 5. The van der Waals surface area contributed by atoms with Crippen LogP contribution in [0.4, 0.5) is 5.82 Å². The van der Waals surface area contributed by atoms with Crippen molar-refractivity contribution in [3.8, 4) is 0 Å². The van der Waals surface area contributed by atoms with Gasteiger partial charge in [0.2, 0.25) is 0 Å². The van der Waals surface area contributed by atoms with Crippen LogP contribution in [0.25, 0.3) is 0 Å². The number of carbonyl (C=O) groups excluding carboxylic acids is 1. The Hall–Kier alpha value is -1.58. The molecule has 94 valence electrons. The van der Waals surface area contributed by atoms with Gasteiger partial charge in [0.15, 0.2) is 0 Å². The number of carbonyl (C=O) groups is 1. The maximum absolute atomic E-state index is 11.8. The van der Waals surface area contributed by atoms with Gasteiger partial charge >= 0.3 is 0 Å². The largest absolute Gasteiger partial charge is 0.368 e. The number of hydrogen-bond acceptors (Lipinski definition) is 3. The number of anilines is 1. The monoisotopic (exact) mass is 235 g/mol. The Balaban J connectivity index is 2.67. The van der Waals surface area contributed by atoms with Crippen molar-refractivity contribution >= 4 is 11.7 Å². The number of aromatic nitrogens is 1. The second kappa shape index (κ2) is 6.23. The van der Waals surface area contributed by atoms with Gasteiger partial charge in [0.1, 0.15) is 11.5 Å². The summed E-state index contributed by atoms with van der Waals surface area (Å²) in [6.07, 6.45) is 0. The first kappa shape index (κ1) is 13.5. The quantitative estimate of drug-likeness (QED) is 0.823. The summed E-state index contributed by atoms with van der Waals surface area (Å²) in [5.41, 5.74) is 0.455. The van der Waals surface area contributed by atoms with E-state index in [0.29, 0.717) is 24.2 Å². The minimum Gasteiger partial charge on any atom is -0.368 e. The average molecular weight is 235 g/mol. The lowest BCUT2D eigenvalue weighted by Crippen LogP contribution is -2.28. The zero-order valence-electron chi connectivity index (χ0n) is 10.9. The predicted molar refractivity (Wildman–Crippen MR) is 70.2 cm³/mol. The molecule has 0 spiro atoms. The Labute approximate surface area is 103 Å². The normalized spacial score (nSPS) is 10.7. The molecule has 0 saturated heterocycles. The molecule has 0 radical (unpaired) electrons. The summed E-state index contributed by atoms with van der Waals surface area (Å²) in [5, 5.41) is 6.02. The summed E-state index contributed by atoms with van der Waals surface area (Å²) >= 11 is 0. The summed E-state index contributed by atoms with van der Waals surface area (Å²) in [6.45, 7) is 8.86. The molecule has 4 heteroatoms. The van der Waals surface area contributed by atoms with Crippen molar-refractivity contribution in [1.29, 1.82) is 0 Å². The van der Waals surface area contributed by atoms with Gasteiger partial charge in [-0.2, -0.15) is 0 Å². The summed E-state index contributed by atoms with van der Waals surface area (Å²) in [5.74, 6) is 1.05. The smallest absolute Gasteiger partial charge is 0.269 e. The van der Waals surface area contributed by atoms with Crippen LogP contribution in [0.3, 0.4) is 0 Å². The number of nitrogens with zero attached hydrogens (tertiary/aromatic N) is 1. The Morgan fingerprint density at radius 2 is 2.00 bits per heavy atom. The molecule has 0 bridgehead atoms. The van der Waals surface area contributed by atoms with E-state index in [9.17, 15) is 4.79 Å². The molecule has 0 aliphatic carbocycles. The Morgan fingerprint density at radius 1 is 1.29 bits per heavy atom. The molecule has 0 atom stereocenters. The van der Waals surface area contributed by atoms with E-state index in [1.54, 1.807) is 6.07 Å². The molecule has 0 aliphatic rings. The zero-order chi connectivity index (χ0) is 12.8. The molecular weight excluding hydrogens is 214 g/mol. The van der Waals surface area contributed by atoms with E-state index in [0.717, 1.165) is 5.82 Å². The molecule has 0 saturated carbocycles. The molecule has 0 aromatic carbocycles. The van der Waals surface area contributed by atoms with Crippen molar-refractivity contribution in [3.63, 3.8) is 0 Å². The standard InChI is InChI=1S/C13H21N3O/c1-9(2)8-14-13(17)11-6-5-7-12(16-11)15-10(3)4/h5-7,9-10H,8H2,1-4H3,(H,14,17)(H,15,16). The molecule has 17 heavy (non-hydrogen) atoms. The SMILES string of the molecule is CC(C)CNC(=O)c1cccc(NC(C)C)n1. The third kappa shape index (κ3) is 4.85. The van der Waals surface area contributed by atoms with Gasteiger partial charge in [-0.15, -0.1) is 0 Å². The minimum atomic E-state index is -0.119. The van der Waals surface area contributed by atoms with E-state index < -0.39 is 0 Å². The van der Waals surface area contributed by atoms with Gasteiger partial charge in [-0.3, -0.25) is 4.79 Å². The van der Waals surface area contributed by atoms with Gasteiger partial charge in [-0.1, -0.05) is 19.9 Å². The maximum atomic E-state index is 11.8. The molecule has 1 rings (SSSR count). The molecule has 1 aromatic rings. The Morgan fingerprint density at radius 3 is 2.59 bits per heavy atom. The molecule has 0 fully saturated rings. The first-order valence-electron chi connectivity index (χ1n) is 6.01. The summed E-state index contributed by atoms with van der Waals surface area (Å²) in [6, 6.07) is 5.72. The zero-order valence-corrected chi connectivity index (χ0v) is 10.9. The summed E-state index contributed by atoms with van der Waals surface area (Å²) in [7, 11) is 0. The molecule has 1 aromatic heterocycles. The lowest BCUT2D eigenvalue weighted by Gasteiger charge is -2.11. The van der Waals surface area contributed by atoms with Crippen molar-refractivity contribution in [2.45, 2.75) is 33.7 Å². The van der Waals surface area contributed by atoms with Gasteiger partial charge in [0.05, 0.1) is 0 Å². The maximum Gasteiger partial charge on any atom is 0.269 e. The van der Waals surface area contributed by atoms with E-state index in [1.165, 1.54) is 0 Å². The Kier molecular flexibility index (Phi) is 4.94. The number of nitrogens with one attached hydrogen (secondary N) is 2. The van der Waals surface area contributed by atoms with Crippen LogP contribution >= 0.6 is 0 Å². The molecular formula is C13H21N3O. The molecule has 1 heterocycles. The lowest BCUT2D eigenvalue weighted by molar-refractivity contribution is 0.0944. The van der Waals surface area contributed by atoms with Gasteiger partial charge in [-0.05, 0) is 31.9 Å². The number of pyridine rings is 1. The van der Waals surface area contributed by atoms with Crippen LogP contribution in [0.2, 0.25) is 0 Å². The summed E-state index contributed by atoms with van der Waals surface area (Å²) < 4.78 is 0. The van der Waals surface area contributed by atoms with Crippen molar-refractivity contribution in [1.82, 2.24) is 10.3 Å². The van der Waals surface area contributed by atoms with Crippen LogP contribution in [0.5, 0.6) is 0 Å². The third-order valence-corrected chi connectivity index (χ3v) is 2.09. The van der Waals surface area contributed by atoms with Crippen molar-refractivity contribution < 1.29 is 4.79 Å². The predicted octanol–water partition coefficient (Wildman–Crippen LogP) is 2.29. The highest BCUT2D eigenvalue weighted by Crippen LogP contribution is 2.06. The topological polar surface area (TPSA) is 54.0 Å².